The molecule has 0 radical (unpaired) electrons. The summed E-state index contributed by atoms with van der Waals surface area (Å²) >= 11 is 0. The van der Waals surface area contributed by atoms with Crippen LogP contribution < -0.4 is 15.2 Å². The fourth-order valence-corrected chi connectivity index (χ4v) is 2.90. The third-order valence-electron chi connectivity index (χ3n) is 3.07. The Kier molecular flexibility index (Phi) is 8.34. The number of hydrogen-bond donors (Lipinski definition) is 2. The van der Waals surface area contributed by atoms with Crippen molar-refractivity contribution < 1.29 is 13.2 Å². The molecule has 0 spiro atoms. The van der Waals surface area contributed by atoms with Gasteiger partial charge >= 0.3 is 0 Å². The Labute approximate surface area is 127 Å². The molecule has 0 amide bonds. The number of benzene rings is 1. The zero-order chi connectivity index (χ0) is 15.6. The fraction of sp³-hybridized carbons (Fsp3) is 0.600. The van der Waals surface area contributed by atoms with E-state index in [9.17, 15) is 8.42 Å². The predicted octanol–water partition coefficient (Wildman–Crippen LogP) is 2.27. The molecule has 0 saturated heterocycles. The molecule has 6 heteroatoms. The van der Waals surface area contributed by atoms with E-state index in [1.165, 1.54) is 0 Å². The molecule has 0 heterocycles. The minimum absolute atomic E-state index is 0.268. The molecule has 0 bridgehead atoms. The molecule has 120 valence electrons. The summed E-state index contributed by atoms with van der Waals surface area (Å²) in [6, 6.07) is 6.46. The Morgan fingerprint density at radius 2 is 1.81 bits per heavy atom. The molecule has 0 aliphatic heterocycles. The first kappa shape index (κ1) is 17.9. The van der Waals surface area contributed by atoms with Gasteiger partial charge in [0.25, 0.3) is 0 Å². The lowest BCUT2D eigenvalue weighted by atomic mass is 10.2. The van der Waals surface area contributed by atoms with Gasteiger partial charge in [0.2, 0.25) is 10.0 Å². The van der Waals surface area contributed by atoms with E-state index in [2.05, 4.69) is 11.6 Å². The van der Waals surface area contributed by atoms with Gasteiger partial charge in [0.15, 0.2) is 0 Å². The Bertz CT molecular complexity index is 486. The van der Waals surface area contributed by atoms with E-state index in [-0.39, 0.29) is 4.90 Å². The molecule has 0 aliphatic rings. The van der Waals surface area contributed by atoms with E-state index >= 15 is 0 Å². The van der Waals surface area contributed by atoms with E-state index in [1.807, 2.05) is 0 Å². The second kappa shape index (κ2) is 9.76. The summed E-state index contributed by atoms with van der Waals surface area (Å²) in [4.78, 5) is 0.268. The van der Waals surface area contributed by atoms with Crippen LogP contribution in [-0.4, -0.2) is 28.1 Å². The average molecular weight is 314 g/mol. The van der Waals surface area contributed by atoms with E-state index in [0.29, 0.717) is 25.4 Å². The lowest BCUT2D eigenvalue weighted by Gasteiger charge is -2.08. The van der Waals surface area contributed by atoms with Crippen molar-refractivity contribution in [2.24, 2.45) is 5.73 Å². The lowest BCUT2D eigenvalue weighted by molar-refractivity contribution is 0.313. The molecule has 3 N–H and O–H groups in total. The minimum atomic E-state index is -3.41. The van der Waals surface area contributed by atoms with Crippen molar-refractivity contribution in [3.05, 3.63) is 24.3 Å². The van der Waals surface area contributed by atoms with Gasteiger partial charge < -0.3 is 10.5 Å². The van der Waals surface area contributed by atoms with E-state index < -0.39 is 10.0 Å². The van der Waals surface area contributed by atoms with Crippen LogP contribution in [0.5, 0.6) is 5.75 Å². The van der Waals surface area contributed by atoms with Crippen molar-refractivity contribution in [2.45, 2.75) is 43.9 Å². The van der Waals surface area contributed by atoms with E-state index in [4.69, 9.17) is 10.5 Å². The smallest absolute Gasteiger partial charge is 0.240 e. The third kappa shape index (κ3) is 6.93. The first-order valence-corrected chi connectivity index (χ1v) is 9.01. The number of sulfonamides is 1. The number of rotatable bonds is 11. The van der Waals surface area contributed by atoms with Crippen molar-refractivity contribution in [1.29, 1.82) is 0 Å². The van der Waals surface area contributed by atoms with E-state index in [0.717, 1.165) is 32.1 Å². The molecule has 0 fully saturated rings. The molecular weight excluding hydrogens is 288 g/mol. The van der Waals surface area contributed by atoms with Gasteiger partial charge in [0, 0.05) is 6.54 Å². The maximum atomic E-state index is 12.1. The molecule has 21 heavy (non-hydrogen) atoms. The highest BCUT2D eigenvalue weighted by Gasteiger charge is 2.12. The standard InChI is InChI=1S/C15H26N2O3S/c1-2-3-4-5-12-17-21(18,19)15-9-7-14(8-10-15)20-13-6-11-16/h7-10,17H,2-6,11-13,16H2,1H3. The van der Waals surface area contributed by atoms with E-state index in [1.54, 1.807) is 24.3 Å². The highest BCUT2D eigenvalue weighted by atomic mass is 32.2. The average Bonchev–Trinajstić information content (AvgIpc) is 2.48. The van der Waals surface area contributed by atoms with Crippen LogP contribution in [0.2, 0.25) is 0 Å². The fourth-order valence-electron chi connectivity index (χ4n) is 1.83. The minimum Gasteiger partial charge on any atom is -0.494 e. The molecule has 0 unspecified atom stereocenters. The van der Waals surface area contributed by atoms with Gasteiger partial charge in [0.1, 0.15) is 5.75 Å². The van der Waals surface area contributed by atoms with Crippen molar-refractivity contribution in [1.82, 2.24) is 4.72 Å². The topological polar surface area (TPSA) is 81.4 Å². The van der Waals surface area contributed by atoms with Gasteiger partial charge in [-0.25, -0.2) is 13.1 Å². The summed E-state index contributed by atoms with van der Waals surface area (Å²) in [5.74, 6) is 0.658. The normalized spacial score (nSPS) is 11.5. The first-order chi connectivity index (χ1) is 10.1. The molecule has 1 aromatic rings. The highest BCUT2D eigenvalue weighted by molar-refractivity contribution is 7.89. The van der Waals surface area contributed by atoms with Gasteiger partial charge in [-0.3, -0.25) is 0 Å². The summed E-state index contributed by atoms with van der Waals surface area (Å²) < 4.78 is 32.2. The Morgan fingerprint density at radius 3 is 2.43 bits per heavy atom. The van der Waals surface area contributed by atoms with Crippen LogP contribution in [0.1, 0.15) is 39.0 Å². The predicted molar refractivity (Wildman–Crippen MR) is 84.9 cm³/mol. The maximum Gasteiger partial charge on any atom is 0.240 e. The van der Waals surface area contributed by atoms with Gasteiger partial charge in [-0.15, -0.1) is 0 Å². The van der Waals surface area contributed by atoms with Crippen LogP contribution in [-0.2, 0) is 10.0 Å². The van der Waals surface area contributed by atoms with Crippen LogP contribution in [0.25, 0.3) is 0 Å². The molecule has 1 rings (SSSR count). The van der Waals surface area contributed by atoms with Crippen molar-refractivity contribution in [3.63, 3.8) is 0 Å². The molecule has 0 saturated carbocycles. The molecular formula is C15H26N2O3S. The van der Waals surface area contributed by atoms with Crippen molar-refractivity contribution >= 4 is 10.0 Å². The lowest BCUT2D eigenvalue weighted by Crippen LogP contribution is -2.24. The molecule has 0 atom stereocenters. The molecule has 1 aromatic carbocycles. The molecule has 0 aliphatic carbocycles. The number of hydrogen-bond acceptors (Lipinski definition) is 4. The second-order valence-electron chi connectivity index (χ2n) is 4.92. The maximum absolute atomic E-state index is 12.1. The van der Waals surface area contributed by atoms with Gasteiger partial charge in [0.05, 0.1) is 11.5 Å². The molecule has 5 nitrogen and oxygen atoms in total. The van der Waals surface area contributed by atoms with Gasteiger partial charge in [-0.05, 0) is 43.7 Å². The summed E-state index contributed by atoms with van der Waals surface area (Å²) in [5, 5.41) is 0. The zero-order valence-electron chi connectivity index (χ0n) is 12.7. The van der Waals surface area contributed by atoms with Crippen LogP contribution >= 0.6 is 0 Å². The SMILES string of the molecule is CCCCCCNS(=O)(=O)c1ccc(OCCCN)cc1. The quantitative estimate of drug-likeness (QED) is 0.614. The Hall–Kier alpha value is -1.11. The molecule has 0 aromatic heterocycles. The summed E-state index contributed by atoms with van der Waals surface area (Å²) in [5.41, 5.74) is 5.38. The van der Waals surface area contributed by atoms with Gasteiger partial charge in [-0.2, -0.15) is 0 Å². The van der Waals surface area contributed by atoms with Crippen LogP contribution in [0, 0.1) is 0 Å². The monoisotopic (exact) mass is 314 g/mol. The summed E-state index contributed by atoms with van der Waals surface area (Å²) in [6.07, 6.45) is 4.97. The third-order valence-corrected chi connectivity index (χ3v) is 4.55. The zero-order valence-corrected chi connectivity index (χ0v) is 13.5. The number of unbranched alkanes of at least 4 members (excludes halogenated alkanes) is 3. The number of nitrogens with one attached hydrogen (secondary N) is 1. The van der Waals surface area contributed by atoms with Crippen LogP contribution in [0.15, 0.2) is 29.2 Å². The highest BCUT2D eigenvalue weighted by Crippen LogP contribution is 2.16. The second-order valence-corrected chi connectivity index (χ2v) is 6.69. The number of nitrogens with two attached hydrogens (primary N) is 1. The van der Waals surface area contributed by atoms with Crippen molar-refractivity contribution in [2.75, 3.05) is 19.7 Å². The van der Waals surface area contributed by atoms with Gasteiger partial charge in [-0.1, -0.05) is 26.2 Å². The summed E-state index contributed by atoms with van der Waals surface area (Å²) in [6.45, 7) is 3.73. The van der Waals surface area contributed by atoms with Crippen LogP contribution in [0.4, 0.5) is 0 Å². The first-order valence-electron chi connectivity index (χ1n) is 7.52. The van der Waals surface area contributed by atoms with Crippen molar-refractivity contribution in [3.8, 4) is 5.75 Å². The van der Waals surface area contributed by atoms with Crippen LogP contribution in [0.3, 0.4) is 0 Å². The Balaban J connectivity index is 2.47. The number of ether oxygens (including phenoxy) is 1. The largest absolute Gasteiger partial charge is 0.494 e. The Morgan fingerprint density at radius 1 is 1.10 bits per heavy atom. The summed E-state index contributed by atoms with van der Waals surface area (Å²) in [7, 11) is -3.41.